The van der Waals surface area contributed by atoms with Crippen LogP contribution in [0.1, 0.15) is 24.0 Å². The first kappa shape index (κ1) is 18.7. The molecule has 2 atom stereocenters. The fraction of sp³-hybridized carbons (Fsp3) is 0.391. The quantitative estimate of drug-likeness (QED) is 0.853. The van der Waals surface area contributed by atoms with Gasteiger partial charge < -0.3 is 14.7 Å². The maximum atomic E-state index is 11.8. The predicted octanol–water partition coefficient (Wildman–Crippen LogP) is 4.02. The summed E-state index contributed by atoms with van der Waals surface area (Å²) in [6, 6.07) is 18.3. The van der Waals surface area contributed by atoms with Crippen LogP contribution in [-0.4, -0.2) is 43.4 Å². The molecule has 0 radical (unpaired) electrons. The van der Waals surface area contributed by atoms with Crippen LogP contribution in [0.5, 0.6) is 5.75 Å². The number of aliphatic hydroxyl groups is 1. The molecule has 2 aromatic carbocycles. The van der Waals surface area contributed by atoms with E-state index in [9.17, 15) is 5.11 Å². The van der Waals surface area contributed by atoms with Crippen molar-refractivity contribution in [3.05, 3.63) is 71.3 Å². The number of rotatable bonds is 6. The van der Waals surface area contributed by atoms with E-state index < -0.39 is 5.60 Å². The lowest BCUT2D eigenvalue weighted by atomic mass is 9.81. The summed E-state index contributed by atoms with van der Waals surface area (Å²) in [6.45, 7) is 0.882. The van der Waals surface area contributed by atoms with Crippen molar-refractivity contribution in [3.63, 3.8) is 0 Å². The fourth-order valence-corrected chi connectivity index (χ4v) is 4.07. The lowest BCUT2D eigenvalue weighted by molar-refractivity contribution is 0.0257. The maximum Gasteiger partial charge on any atom is 0.126 e. The molecular formula is C23H29NO2. The summed E-state index contributed by atoms with van der Waals surface area (Å²) in [5.74, 6) is 1.07. The van der Waals surface area contributed by atoms with Crippen molar-refractivity contribution < 1.29 is 9.84 Å². The van der Waals surface area contributed by atoms with Crippen LogP contribution in [0.2, 0.25) is 0 Å². The molecule has 0 aromatic heterocycles. The molecule has 3 heteroatoms. The van der Waals surface area contributed by atoms with Crippen LogP contribution in [0.15, 0.2) is 60.2 Å². The molecule has 1 saturated carbocycles. The largest absolute Gasteiger partial charge is 0.496 e. The Balaban J connectivity index is 1.98. The van der Waals surface area contributed by atoms with Crippen molar-refractivity contribution in [2.45, 2.75) is 24.9 Å². The van der Waals surface area contributed by atoms with Crippen LogP contribution in [0.25, 0.3) is 6.08 Å². The van der Waals surface area contributed by atoms with E-state index in [-0.39, 0.29) is 5.92 Å². The summed E-state index contributed by atoms with van der Waals surface area (Å²) >= 11 is 0. The van der Waals surface area contributed by atoms with E-state index in [0.29, 0.717) is 6.42 Å². The summed E-state index contributed by atoms with van der Waals surface area (Å²) in [5.41, 5.74) is 2.48. The number of hydrogen-bond donors (Lipinski definition) is 1. The van der Waals surface area contributed by atoms with Crippen molar-refractivity contribution in [1.29, 1.82) is 0 Å². The third-order valence-corrected chi connectivity index (χ3v) is 5.36. The summed E-state index contributed by atoms with van der Waals surface area (Å²) in [7, 11) is 5.84. The highest BCUT2D eigenvalue weighted by atomic mass is 16.5. The van der Waals surface area contributed by atoms with E-state index in [1.165, 1.54) is 5.56 Å². The second-order valence-electron chi connectivity index (χ2n) is 7.50. The summed E-state index contributed by atoms with van der Waals surface area (Å²) in [4.78, 5) is 2.17. The standard InChI is InChI=1S/C23H29NO2/c1-24(2)17-21-14-13-20(15-19-11-7-8-12-22(19)26-3)23(21,25)16-18-9-5-4-6-10-18/h4-12,15,21,25H,13-14,16-17H2,1-3H3/b20-15+. The average Bonchev–Trinajstić information content (AvgIpc) is 2.91. The van der Waals surface area contributed by atoms with Crippen molar-refractivity contribution in [3.8, 4) is 5.75 Å². The molecule has 1 fully saturated rings. The topological polar surface area (TPSA) is 32.7 Å². The lowest BCUT2D eigenvalue weighted by Gasteiger charge is -2.33. The van der Waals surface area contributed by atoms with Crippen LogP contribution in [-0.2, 0) is 6.42 Å². The minimum Gasteiger partial charge on any atom is -0.496 e. The van der Waals surface area contributed by atoms with Crippen LogP contribution < -0.4 is 4.74 Å². The van der Waals surface area contributed by atoms with Gasteiger partial charge in [0.1, 0.15) is 5.75 Å². The van der Waals surface area contributed by atoms with Crippen molar-refractivity contribution in [1.82, 2.24) is 4.90 Å². The zero-order chi connectivity index (χ0) is 18.6. The van der Waals surface area contributed by atoms with Gasteiger partial charge in [0.05, 0.1) is 12.7 Å². The maximum absolute atomic E-state index is 11.8. The van der Waals surface area contributed by atoms with Crippen molar-refractivity contribution in [2.24, 2.45) is 5.92 Å². The first-order valence-electron chi connectivity index (χ1n) is 9.28. The van der Waals surface area contributed by atoms with Crippen molar-refractivity contribution >= 4 is 6.08 Å². The van der Waals surface area contributed by atoms with E-state index in [4.69, 9.17) is 4.74 Å². The zero-order valence-electron chi connectivity index (χ0n) is 16.0. The van der Waals surface area contributed by atoms with Crippen molar-refractivity contribution in [2.75, 3.05) is 27.7 Å². The Morgan fingerprint density at radius 2 is 1.81 bits per heavy atom. The van der Waals surface area contributed by atoms with Crippen LogP contribution in [0, 0.1) is 5.92 Å². The van der Waals surface area contributed by atoms with Gasteiger partial charge in [-0.25, -0.2) is 0 Å². The molecule has 26 heavy (non-hydrogen) atoms. The number of hydrogen-bond acceptors (Lipinski definition) is 3. The van der Waals surface area contributed by atoms with Crippen LogP contribution in [0.4, 0.5) is 0 Å². The van der Waals surface area contributed by atoms with Gasteiger partial charge in [-0.15, -0.1) is 0 Å². The lowest BCUT2D eigenvalue weighted by Crippen LogP contribution is -2.42. The van der Waals surface area contributed by atoms with Gasteiger partial charge in [0.25, 0.3) is 0 Å². The predicted molar refractivity (Wildman–Crippen MR) is 107 cm³/mol. The first-order valence-corrected chi connectivity index (χ1v) is 9.28. The Morgan fingerprint density at radius 1 is 1.12 bits per heavy atom. The monoisotopic (exact) mass is 351 g/mol. The molecule has 1 aliphatic rings. The highest BCUT2D eigenvalue weighted by molar-refractivity contribution is 5.62. The highest BCUT2D eigenvalue weighted by Crippen LogP contribution is 2.44. The molecule has 1 aliphatic carbocycles. The Kier molecular flexibility index (Phi) is 5.80. The molecule has 0 amide bonds. The Labute approximate surface area is 156 Å². The smallest absolute Gasteiger partial charge is 0.126 e. The van der Waals surface area contributed by atoms with E-state index in [0.717, 1.165) is 36.3 Å². The molecule has 0 heterocycles. The van der Waals surface area contributed by atoms with E-state index in [1.807, 2.05) is 42.5 Å². The van der Waals surface area contributed by atoms with Crippen LogP contribution in [0.3, 0.4) is 0 Å². The third kappa shape index (κ3) is 4.00. The minimum atomic E-state index is -0.827. The molecule has 3 rings (SSSR count). The molecule has 0 spiro atoms. The molecular weight excluding hydrogens is 322 g/mol. The Morgan fingerprint density at radius 3 is 2.50 bits per heavy atom. The molecule has 3 nitrogen and oxygen atoms in total. The molecule has 0 saturated heterocycles. The van der Waals surface area contributed by atoms with E-state index in [1.54, 1.807) is 7.11 Å². The van der Waals surface area contributed by atoms with Gasteiger partial charge in [0, 0.05) is 24.4 Å². The molecule has 1 N–H and O–H groups in total. The molecule has 2 aromatic rings. The fourth-order valence-electron chi connectivity index (χ4n) is 4.07. The molecule has 0 aliphatic heterocycles. The highest BCUT2D eigenvalue weighted by Gasteiger charge is 2.45. The summed E-state index contributed by atoms with van der Waals surface area (Å²) < 4.78 is 5.50. The second kappa shape index (κ2) is 8.07. The van der Waals surface area contributed by atoms with Gasteiger partial charge in [-0.3, -0.25) is 0 Å². The van der Waals surface area contributed by atoms with E-state index >= 15 is 0 Å². The number of nitrogens with zero attached hydrogens (tertiary/aromatic N) is 1. The first-order chi connectivity index (χ1) is 12.5. The van der Waals surface area contributed by atoms with Gasteiger partial charge >= 0.3 is 0 Å². The van der Waals surface area contributed by atoms with Gasteiger partial charge in [-0.2, -0.15) is 0 Å². The molecule has 2 unspecified atom stereocenters. The third-order valence-electron chi connectivity index (χ3n) is 5.36. The number of ether oxygens (including phenoxy) is 1. The molecule has 138 valence electrons. The molecule has 0 bridgehead atoms. The Hall–Kier alpha value is -2.10. The van der Waals surface area contributed by atoms with Crippen LogP contribution >= 0.6 is 0 Å². The SMILES string of the molecule is COc1ccccc1/C=C1\CCC(CN(C)C)C1(O)Cc1ccccc1. The number of benzene rings is 2. The van der Waals surface area contributed by atoms with Gasteiger partial charge in [0.15, 0.2) is 0 Å². The second-order valence-corrected chi connectivity index (χ2v) is 7.50. The number of methoxy groups -OCH3 is 1. The average molecular weight is 351 g/mol. The summed E-state index contributed by atoms with van der Waals surface area (Å²) in [6.07, 6.45) is 4.70. The number of para-hydroxylation sites is 1. The summed E-state index contributed by atoms with van der Waals surface area (Å²) in [5, 5.41) is 11.8. The van der Waals surface area contributed by atoms with Gasteiger partial charge in [-0.05, 0) is 50.2 Å². The minimum absolute atomic E-state index is 0.221. The normalized spacial score (nSPS) is 24.3. The van der Waals surface area contributed by atoms with Gasteiger partial charge in [0.2, 0.25) is 0 Å². The van der Waals surface area contributed by atoms with E-state index in [2.05, 4.69) is 37.2 Å². The Bertz CT molecular complexity index is 754. The van der Waals surface area contributed by atoms with Gasteiger partial charge in [-0.1, -0.05) is 48.5 Å². The zero-order valence-corrected chi connectivity index (χ0v) is 16.0.